The van der Waals surface area contributed by atoms with E-state index >= 15 is 0 Å². The van der Waals surface area contributed by atoms with Crippen LogP contribution in [0.3, 0.4) is 0 Å². The average Bonchev–Trinajstić information content (AvgIpc) is 2.44. The largest absolute Gasteiger partial charge is 0.440 e. The Morgan fingerprint density at radius 3 is 3.07 bits per heavy atom. The average molecular weight is 190 g/mol. The van der Waals surface area contributed by atoms with Gasteiger partial charge in [-0.1, -0.05) is 0 Å². The molecule has 0 aliphatic carbocycles. The maximum absolute atomic E-state index is 10.8. The van der Waals surface area contributed by atoms with Crippen molar-refractivity contribution in [2.75, 3.05) is 5.73 Å². The lowest BCUT2D eigenvalue weighted by molar-refractivity contribution is -0.116. The molecular weight excluding hydrogens is 180 g/mol. The van der Waals surface area contributed by atoms with Gasteiger partial charge < -0.3 is 10.2 Å². The highest BCUT2D eigenvalue weighted by Crippen LogP contribution is 2.18. The molecule has 0 unspecified atom stereocenters. The van der Waals surface area contributed by atoms with E-state index in [0.29, 0.717) is 22.7 Å². The molecule has 0 saturated heterocycles. The predicted octanol–water partition coefficient (Wildman–Crippen LogP) is 1.54. The second-order valence-electron chi connectivity index (χ2n) is 3.21. The molecule has 0 atom stereocenters. The van der Waals surface area contributed by atoms with E-state index in [1.165, 1.54) is 6.92 Å². The molecule has 72 valence electrons. The third kappa shape index (κ3) is 1.59. The Hall–Kier alpha value is -1.84. The number of hydrogen-bond acceptors (Lipinski definition) is 4. The topological polar surface area (TPSA) is 69.1 Å². The van der Waals surface area contributed by atoms with Gasteiger partial charge in [-0.2, -0.15) is 0 Å². The maximum Gasteiger partial charge on any atom is 0.202 e. The van der Waals surface area contributed by atoms with Crippen LogP contribution in [0.15, 0.2) is 22.6 Å². The summed E-state index contributed by atoms with van der Waals surface area (Å²) in [6, 6.07) is 5.22. The summed E-state index contributed by atoms with van der Waals surface area (Å²) in [6.07, 6.45) is 0.231. The summed E-state index contributed by atoms with van der Waals surface area (Å²) in [5, 5.41) is 0. The number of nitrogens with zero attached hydrogens (tertiary/aromatic N) is 1. The van der Waals surface area contributed by atoms with Gasteiger partial charge in [-0.05, 0) is 25.1 Å². The molecule has 0 amide bonds. The molecule has 0 bridgehead atoms. The van der Waals surface area contributed by atoms with E-state index in [2.05, 4.69) is 4.98 Å². The molecule has 1 aromatic heterocycles. The lowest BCUT2D eigenvalue weighted by Gasteiger charge is -1.88. The van der Waals surface area contributed by atoms with Crippen LogP contribution in [0.1, 0.15) is 12.8 Å². The van der Waals surface area contributed by atoms with Gasteiger partial charge >= 0.3 is 0 Å². The van der Waals surface area contributed by atoms with Crippen LogP contribution in [-0.4, -0.2) is 10.8 Å². The molecular formula is C10H10N2O2. The minimum Gasteiger partial charge on any atom is -0.440 e. The van der Waals surface area contributed by atoms with E-state index in [9.17, 15) is 4.79 Å². The minimum atomic E-state index is 0.0320. The number of nitrogens with two attached hydrogens (primary N) is 1. The summed E-state index contributed by atoms with van der Waals surface area (Å²) in [7, 11) is 0. The van der Waals surface area contributed by atoms with Gasteiger partial charge in [0.2, 0.25) is 5.89 Å². The van der Waals surface area contributed by atoms with Crippen molar-refractivity contribution in [2.45, 2.75) is 13.3 Å². The van der Waals surface area contributed by atoms with Gasteiger partial charge in [0.05, 0.1) is 6.42 Å². The number of ketones is 1. The van der Waals surface area contributed by atoms with Gasteiger partial charge in [0.15, 0.2) is 5.58 Å². The highest BCUT2D eigenvalue weighted by Gasteiger charge is 2.07. The molecule has 0 saturated carbocycles. The number of hydrogen-bond donors (Lipinski definition) is 1. The number of nitrogen functional groups attached to an aromatic ring is 1. The SMILES string of the molecule is CC(=O)Cc1nc2cc(N)ccc2o1. The minimum absolute atomic E-state index is 0.0320. The summed E-state index contributed by atoms with van der Waals surface area (Å²) >= 11 is 0. The normalized spacial score (nSPS) is 10.6. The Balaban J connectivity index is 2.46. The summed E-state index contributed by atoms with van der Waals surface area (Å²) in [5.74, 6) is 0.475. The summed E-state index contributed by atoms with van der Waals surface area (Å²) in [4.78, 5) is 15.0. The van der Waals surface area contributed by atoms with Crippen LogP contribution in [0.4, 0.5) is 5.69 Å². The molecule has 0 radical (unpaired) electrons. The molecule has 4 nitrogen and oxygen atoms in total. The van der Waals surface area contributed by atoms with Crippen LogP contribution in [0, 0.1) is 0 Å². The van der Waals surface area contributed by atoms with Gasteiger partial charge in [-0.25, -0.2) is 4.98 Å². The number of oxazole rings is 1. The van der Waals surface area contributed by atoms with Crippen LogP contribution in [0.25, 0.3) is 11.1 Å². The third-order valence-electron chi connectivity index (χ3n) is 1.86. The van der Waals surface area contributed by atoms with E-state index in [0.717, 1.165) is 0 Å². The van der Waals surface area contributed by atoms with Crippen LogP contribution >= 0.6 is 0 Å². The summed E-state index contributed by atoms with van der Waals surface area (Å²) in [6.45, 7) is 1.50. The Kier molecular flexibility index (Phi) is 1.96. The first-order chi connectivity index (χ1) is 6.65. The molecule has 14 heavy (non-hydrogen) atoms. The van der Waals surface area contributed by atoms with E-state index in [-0.39, 0.29) is 12.2 Å². The van der Waals surface area contributed by atoms with Crippen molar-refractivity contribution in [2.24, 2.45) is 0 Å². The second kappa shape index (κ2) is 3.14. The van der Waals surface area contributed by atoms with Gasteiger partial charge in [-0.3, -0.25) is 4.79 Å². The standard InChI is InChI=1S/C10H10N2O2/c1-6(13)4-10-12-8-5-7(11)2-3-9(8)14-10/h2-3,5H,4,11H2,1H3. The van der Waals surface area contributed by atoms with E-state index in [1.807, 2.05) is 0 Å². The van der Waals surface area contributed by atoms with Crippen molar-refractivity contribution in [3.05, 3.63) is 24.1 Å². The van der Waals surface area contributed by atoms with Gasteiger partial charge in [0, 0.05) is 5.69 Å². The molecule has 2 N–H and O–H groups in total. The highest BCUT2D eigenvalue weighted by atomic mass is 16.3. The molecule has 0 aliphatic rings. The molecule has 1 aromatic carbocycles. The lowest BCUT2D eigenvalue weighted by Crippen LogP contribution is -1.95. The first-order valence-electron chi connectivity index (χ1n) is 4.29. The van der Waals surface area contributed by atoms with E-state index < -0.39 is 0 Å². The number of fused-ring (bicyclic) bond motifs is 1. The van der Waals surface area contributed by atoms with Crippen molar-refractivity contribution >= 4 is 22.6 Å². The molecule has 2 rings (SSSR count). The number of anilines is 1. The number of aromatic nitrogens is 1. The van der Waals surface area contributed by atoms with Crippen molar-refractivity contribution in [1.29, 1.82) is 0 Å². The van der Waals surface area contributed by atoms with Gasteiger partial charge in [0.25, 0.3) is 0 Å². The van der Waals surface area contributed by atoms with Crippen LogP contribution in [0.2, 0.25) is 0 Å². The Morgan fingerprint density at radius 1 is 1.57 bits per heavy atom. The zero-order chi connectivity index (χ0) is 10.1. The van der Waals surface area contributed by atoms with Gasteiger partial charge in [0.1, 0.15) is 11.3 Å². The maximum atomic E-state index is 10.8. The first-order valence-corrected chi connectivity index (χ1v) is 4.29. The Labute approximate surface area is 80.7 Å². The Morgan fingerprint density at radius 2 is 2.36 bits per heavy atom. The van der Waals surface area contributed by atoms with E-state index in [1.54, 1.807) is 18.2 Å². The molecule has 4 heteroatoms. The summed E-state index contributed by atoms with van der Waals surface area (Å²) in [5.41, 5.74) is 7.58. The zero-order valence-corrected chi connectivity index (χ0v) is 7.78. The highest BCUT2D eigenvalue weighted by molar-refractivity contribution is 5.80. The smallest absolute Gasteiger partial charge is 0.202 e. The predicted molar refractivity (Wildman–Crippen MR) is 52.8 cm³/mol. The van der Waals surface area contributed by atoms with Crippen LogP contribution in [-0.2, 0) is 11.2 Å². The van der Waals surface area contributed by atoms with Crippen LogP contribution in [0.5, 0.6) is 0 Å². The monoisotopic (exact) mass is 190 g/mol. The quantitative estimate of drug-likeness (QED) is 0.729. The van der Waals surface area contributed by atoms with Crippen molar-refractivity contribution in [3.63, 3.8) is 0 Å². The zero-order valence-electron chi connectivity index (χ0n) is 7.78. The van der Waals surface area contributed by atoms with Crippen molar-refractivity contribution < 1.29 is 9.21 Å². The number of benzene rings is 1. The molecule has 0 aliphatic heterocycles. The van der Waals surface area contributed by atoms with Gasteiger partial charge in [-0.15, -0.1) is 0 Å². The fourth-order valence-corrected chi connectivity index (χ4v) is 1.28. The molecule has 0 fully saturated rings. The van der Waals surface area contributed by atoms with Crippen molar-refractivity contribution in [3.8, 4) is 0 Å². The number of carbonyl (C=O) groups is 1. The van der Waals surface area contributed by atoms with E-state index in [4.69, 9.17) is 10.2 Å². The summed E-state index contributed by atoms with van der Waals surface area (Å²) < 4.78 is 5.35. The number of rotatable bonds is 2. The fourth-order valence-electron chi connectivity index (χ4n) is 1.28. The number of carbonyl (C=O) groups excluding carboxylic acids is 1. The molecule has 1 heterocycles. The lowest BCUT2D eigenvalue weighted by atomic mass is 10.3. The third-order valence-corrected chi connectivity index (χ3v) is 1.86. The first kappa shape index (κ1) is 8.74. The Bertz CT molecular complexity index is 488. The fraction of sp³-hybridized carbons (Fsp3) is 0.200. The second-order valence-corrected chi connectivity index (χ2v) is 3.21. The van der Waals surface area contributed by atoms with Crippen molar-refractivity contribution in [1.82, 2.24) is 4.98 Å². The number of Topliss-reactive ketones (excluding diaryl/α,β-unsaturated/α-hetero) is 1. The van der Waals surface area contributed by atoms with Crippen LogP contribution < -0.4 is 5.73 Å². The molecule has 0 spiro atoms. The molecule has 2 aromatic rings.